The number of nitrogens with two attached hydrogens (primary N) is 1. The Morgan fingerprint density at radius 2 is 1.73 bits per heavy atom. The van der Waals surface area contributed by atoms with Crippen LogP contribution in [-0.4, -0.2) is 22.2 Å². The Kier molecular flexibility index (Phi) is 5.15. The Bertz CT molecular complexity index is 1150. The van der Waals surface area contributed by atoms with E-state index in [9.17, 15) is 5.11 Å². The zero-order valence-corrected chi connectivity index (χ0v) is 17.5. The minimum absolute atomic E-state index is 0.277. The summed E-state index contributed by atoms with van der Waals surface area (Å²) < 4.78 is 0. The minimum atomic E-state index is 0.277. The van der Waals surface area contributed by atoms with E-state index in [1.165, 1.54) is 4.88 Å². The highest BCUT2D eigenvalue weighted by atomic mass is 32.1. The number of thiophene rings is 1. The Labute approximate surface area is 180 Å². The van der Waals surface area contributed by atoms with Gasteiger partial charge in [0.05, 0.1) is 11.2 Å². The first kappa shape index (κ1) is 19.1. The molecule has 0 saturated heterocycles. The predicted molar refractivity (Wildman–Crippen MR) is 126 cm³/mol. The van der Waals surface area contributed by atoms with Crippen molar-refractivity contribution in [1.82, 2.24) is 4.98 Å². The maximum Gasteiger partial charge on any atom is 0.115 e. The van der Waals surface area contributed by atoms with E-state index in [2.05, 4.69) is 41.0 Å². The van der Waals surface area contributed by atoms with Crippen LogP contribution in [0.1, 0.15) is 25.7 Å². The van der Waals surface area contributed by atoms with Crippen LogP contribution in [0.25, 0.3) is 32.5 Å². The number of hydrogen-bond acceptors (Lipinski definition) is 5. The molecule has 1 aliphatic carbocycles. The molecule has 1 aliphatic rings. The summed E-state index contributed by atoms with van der Waals surface area (Å²) in [6.07, 6.45) is 6.30. The lowest BCUT2D eigenvalue weighted by molar-refractivity contribution is 0.411. The summed E-state index contributed by atoms with van der Waals surface area (Å²) in [7, 11) is 0. The molecule has 30 heavy (non-hydrogen) atoms. The molecule has 0 amide bonds. The Hall–Kier alpha value is -2.89. The normalized spacial score (nSPS) is 19.1. The van der Waals surface area contributed by atoms with Crippen LogP contribution in [0.2, 0.25) is 0 Å². The standard InChI is InChI=1S/C25H25N3OS/c26-18-6-8-19(9-7-18)28-25-21-14-17(16-3-10-20(29)11-4-16)5-12-23(21)27-15-22(25)24-2-1-13-30-24/h1-5,10-15,18-19,29H,6-9,26H2,(H,27,28). The number of pyridine rings is 1. The first-order valence-electron chi connectivity index (χ1n) is 10.5. The predicted octanol–water partition coefficient (Wildman–Crippen LogP) is 6.02. The van der Waals surface area contributed by atoms with Crippen molar-refractivity contribution in [2.24, 2.45) is 5.73 Å². The second-order valence-electron chi connectivity index (χ2n) is 8.06. The van der Waals surface area contributed by atoms with E-state index in [4.69, 9.17) is 10.7 Å². The summed E-state index contributed by atoms with van der Waals surface area (Å²) in [4.78, 5) is 5.98. The SMILES string of the molecule is NC1CCC(Nc2c(-c3cccs3)cnc3ccc(-c4ccc(O)cc4)cc23)CC1. The lowest BCUT2D eigenvalue weighted by Crippen LogP contribution is -2.33. The van der Waals surface area contributed by atoms with Gasteiger partial charge in [0.2, 0.25) is 0 Å². The van der Waals surface area contributed by atoms with E-state index in [0.29, 0.717) is 12.1 Å². The molecule has 4 N–H and O–H groups in total. The van der Waals surface area contributed by atoms with Crippen molar-refractivity contribution in [3.8, 4) is 27.3 Å². The summed E-state index contributed by atoms with van der Waals surface area (Å²) in [6.45, 7) is 0. The number of aromatic hydroxyl groups is 1. The van der Waals surface area contributed by atoms with Gasteiger partial charge in [-0.15, -0.1) is 11.3 Å². The smallest absolute Gasteiger partial charge is 0.115 e. The average molecular weight is 416 g/mol. The zero-order chi connectivity index (χ0) is 20.5. The number of aromatic nitrogens is 1. The quantitative estimate of drug-likeness (QED) is 0.381. The van der Waals surface area contributed by atoms with Gasteiger partial charge in [-0.25, -0.2) is 0 Å². The average Bonchev–Trinajstić information content (AvgIpc) is 3.30. The maximum absolute atomic E-state index is 9.63. The van der Waals surface area contributed by atoms with E-state index < -0.39 is 0 Å². The molecule has 152 valence electrons. The van der Waals surface area contributed by atoms with Crippen molar-refractivity contribution in [3.05, 3.63) is 66.2 Å². The summed E-state index contributed by atoms with van der Waals surface area (Å²) in [5.74, 6) is 0.277. The number of nitrogens with one attached hydrogen (secondary N) is 1. The second kappa shape index (κ2) is 8.09. The third-order valence-electron chi connectivity index (χ3n) is 5.98. The van der Waals surface area contributed by atoms with Crippen LogP contribution < -0.4 is 11.1 Å². The van der Waals surface area contributed by atoms with Gasteiger partial charge in [-0.3, -0.25) is 4.98 Å². The Morgan fingerprint density at radius 3 is 2.47 bits per heavy atom. The van der Waals surface area contributed by atoms with Crippen molar-refractivity contribution >= 4 is 27.9 Å². The molecule has 5 rings (SSSR count). The molecule has 0 spiro atoms. The van der Waals surface area contributed by atoms with Crippen molar-refractivity contribution in [2.75, 3.05) is 5.32 Å². The second-order valence-corrected chi connectivity index (χ2v) is 9.01. The van der Waals surface area contributed by atoms with E-state index in [0.717, 1.165) is 59.0 Å². The van der Waals surface area contributed by atoms with Crippen molar-refractivity contribution < 1.29 is 5.11 Å². The maximum atomic E-state index is 9.63. The van der Waals surface area contributed by atoms with Crippen LogP contribution >= 0.6 is 11.3 Å². The fourth-order valence-corrected chi connectivity index (χ4v) is 5.01. The van der Waals surface area contributed by atoms with Gasteiger partial charge in [-0.05, 0) is 72.5 Å². The molecule has 5 heteroatoms. The monoisotopic (exact) mass is 415 g/mol. The summed E-state index contributed by atoms with van der Waals surface area (Å²) >= 11 is 1.74. The van der Waals surface area contributed by atoms with E-state index in [1.54, 1.807) is 23.5 Å². The molecular weight excluding hydrogens is 390 g/mol. The molecule has 1 fully saturated rings. The van der Waals surface area contributed by atoms with Crippen LogP contribution in [0.15, 0.2) is 66.2 Å². The highest BCUT2D eigenvalue weighted by molar-refractivity contribution is 7.13. The lowest BCUT2D eigenvalue weighted by Gasteiger charge is -2.29. The summed E-state index contributed by atoms with van der Waals surface area (Å²) in [5.41, 5.74) is 11.6. The van der Waals surface area contributed by atoms with Crippen molar-refractivity contribution in [3.63, 3.8) is 0 Å². The molecule has 2 heterocycles. The number of fused-ring (bicyclic) bond motifs is 1. The fourth-order valence-electron chi connectivity index (χ4n) is 4.27. The Morgan fingerprint density at radius 1 is 0.967 bits per heavy atom. The van der Waals surface area contributed by atoms with Gasteiger partial charge in [0.1, 0.15) is 5.75 Å². The van der Waals surface area contributed by atoms with Crippen LogP contribution in [0.5, 0.6) is 5.75 Å². The lowest BCUT2D eigenvalue weighted by atomic mass is 9.91. The summed E-state index contributed by atoms with van der Waals surface area (Å²) in [5, 5.41) is 16.7. The van der Waals surface area contributed by atoms with Crippen LogP contribution in [0.3, 0.4) is 0 Å². The van der Waals surface area contributed by atoms with Gasteiger partial charge < -0.3 is 16.2 Å². The molecule has 0 bridgehead atoms. The van der Waals surface area contributed by atoms with Gasteiger partial charge in [0, 0.05) is 34.1 Å². The van der Waals surface area contributed by atoms with E-state index >= 15 is 0 Å². The van der Waals surface area contributed by atoms with Crippen molar-refractivity contribution in [2.45, 2.75) is 37.8 Å². The molecule has 4 nitrogen and oxygen atoms in total. The largest absolute Gasteiger partial charge is 0.508 e. The van der Waals surface area contributed by atoms with Crippen LogP contribution in [-0.2, 0) is 0 Å². The van der Waals surface area contributed by atoms with Gasteiger partial charge in [0.25, 0.3) is 0 Å². The number of rotatable bonds is 4. The Balaban J connectivity index is 1.62. The summed E-state index contributed by atoms with van der Waals surface area (Å²) in [6, 6.07) is 18.7. The molecule has 0 atom stereocenters. The molecule has 4 aromatic rings. The molecule has 2 aromatic carbocycles. The number of hydrogen-bond donors (Lipinski definition) is 3. The van der Waals surface area contributed by atoms with Crippen molar-refractivity contribution in [1.29, 1.82) is 0 Å². The first-order chi connectivity index (χ1) is 14.7. The number of anilines is 1. The van der Waals surface area contributed by atoms with Crippen LogP contribution in [0.4, 0.5) is 5.69 Å². The number of benzene rings is 2. The van der Waals surface area contributed by atoms with Gasteiger partial charge in [0.15, 0.2) is 0 Å². The highest BCUT2D eigenvalue weighted by Crippen LogP contribution is 2.39. The number of phenolic OH excluding ortho intramolecular Hbond substituents is 1. The molecule has 0 unspecified atom stereocenters. The molecular formula is C25H25N3OS. The highest BCUT2D eigenvalue weighted by Gasteiger charge is 2.21. The minimum Gasteiger partial charge on any atom is -0.508 e. The third kappa shape index (κ3) is 3.78. The zero-order valence-electron chi connectivity index (χ0n) is 16.7. The fraction of sp³-hybridized carbons (Fsp3) is 0.240. The topological polar surface area (TPSA) is 71.2 Å². The van der Waals surface area contributed by atoms with Gasteiger partial charge >= 0.3 is 0 Å². The third-order valence-corrected chi connectivity index (χ3v) is 6.88. The van der Waals surface area contributed by atoms with E-state index in [1.807, 2.05) is 18.3 Å². The number of nitrogens with zero attached hydrogens (tertiary/aromatic N) is 1. The molecule has 0 radical (unpaired) electrons. The first-order valence-corrected chi connectivity index (χ1v) is 11.3. The van der Waals surface area contributed by atoms with Crippen LogP contribution in [0, 0.1) is 0 Å². The molecule has 2 aromatic heterocycles. The molecule has 0 aliphatic heterocycles. The van der Waals surface area contributed by atoms with Gasteiger partial charge in [-0.1, -0.05) is 24.3 Å². The van der Waals surface area contributed by atoms with Gasteiger partial charge in [-0.2, -0.15) is 0 Å². The molecule has 1 saturated carbocycles. The number of phenols is 1. The van der Waals surface area contributed by atoms with E-state index in [-0.39, 0.29) is 5.75 Å².